The Morgan fingerprint density at radius 2 is 1.94 bits per heavy atom. The first-order valence-corrected chi connectivity index (χ1v) is 5.45. The van der Waals surface area contributed by atoms with Crippen molar-refractivity contribution in [2.75, 3.05) is 0 Å². The fraction of sp³-hybridized carbons (Fsp3) is 0.231. The van der Waals surface area contributed by atoms with Crippen LogP contribution in [0.5, 0.6) is 0 Å². The molecule has 17 heavy (non-hydrogen) atoms. The predicted molar refractivity (Wildman–Crippen MR) is 65.5 cm³/mol. The van der Waals surface area contributed by atoms with E-state index in [1.54, 1.807) is 6.92 Å². The number of aryl methyl sites for hydroxylation is 1. The van der Waals surface area contributed by atoms with Gasteiger partial charge in [0.05, 0.1) is 5.69 Å². The molecule has 0 bridgehead atoms. The summed E-state index contributed by atoms with van der Waals surface area (Å²) in [7, 11) is 0. The van der Waals surface area contributed by atoms with Gasteiger partial charge in [-0.3, -0.25) is 14.7 Å². The summed E-state index contributed by atoms with van der Waals surface area (Å²) in [6, 6.07) is 9.30. The Labute approximate surface area is 98.9 Å². The van der Waals surface area contributed by atoms with E-state index in [2.05, 4.69) is 5.10 Å². The lowest BCUT2D eigenvalue weighted by molar-refractivity contribution is -0.116. The van der Waals surface area contributed by atoms with Gasteiger partial charge < -0.3 is 0 Å². The lowest BCUT2D eigenvalue weighted by Crippen LogP contribution is -2.18. The van der Waals surface area contributed by atoms with Gasteiger partial charge in [-0.05, 0) is 26.0 Å². The molecular weight excluding hydrogens is 216 g/mol. The molecule has 1 N–H and O–H groups in total. The van der Waals surface area contributed by atoms with Gasteiger partial charge in [-0.25, -0.2) is 4.68 Å². The second kappa shape index (κ2) is 4.41. The van der Waals surface area contributed by atoms with Crippen LogP contribution >= 0.6 is 0 Å². The van der Waals surface area contributed by atoms with Gasteiger partial charge in [0.15, 0.2) is 0 Å². The van der Waals surface area contributed by atoms with Crippen LogP contribution in [0.1, 0.15) is 18.2 Å². The van der Waals surface area contributed by atoms with E-state index in [4.69, 9.17) is 0 Å². The third-order valence-electron chi connectivity index (χ3n) is 2.63. The number of Topliss-reactive ketones (excluding diaryl/α,β-unsaturated/α-hetero) is 1. The van der Waals surface area contributed by atoms with Crippen molar-refractivity contribution in [3.8, 4) is 5.69 Å². The van der Waals surface area contributed by atoms with Crippen LogP contribution in [0.3, 0.4) is 0 Å². The fourth-order valence-corrected chi connectivity index (χ4v) is 1.80. The Hall–Kier alpha value is -2.10. The zero-order chi connectivity index (χ0) is 12.4. The topological polar surface area (TPSA) is 54.9 Å². The van der Waals surface area contributed by atoms with Crippen LogP contribution < -0.4 is 5.56 Å². The molecular formula is C13H14N2O2. The quantitative estimate of drug-likeness (QED) is 0.870. The summed E-state index contributed by atoms with van der Waals surface area (Å²) in [6.45, 7) is 3.29. The van der Waals surface area contributed by atoms with Crippen LogP contribution in [0.25, 0.3) is 5.69 Å². The van der Waals surface area contributed by atoms with Crippen molar-refractivity contribution in [1.29, 1.82) is 0 Å². The van der Waals surface area contributed by atoms with Crippen molar-refractivity contribution < 1.29 is 4.79 Å². The lowest BCUT2D eigenvalue weighted by atomic mass is 10.1. The number of rotatable bonds is 3. The van der Waals surface area contributed by atoms with Gasteiger partial charge in [-0.15, -0.1) is 0 Å². The molecule has 4 heteroatoms. The second-order valence-corrected chi connectivity index (χ2v) is 4.07. The molecule has 1 aromatic heterocycles. The Kier molecular flexibility index (Phi) is 2.95. The molecule has 0 spiro atoms. The van der Waals surface area contributed by atoms with E-state index in [1.165, 1.54) is 11.6 Å². The summed E-state index contributed by atoms with van der Waals surface area (Å²) in [5.74, 6) is -0.00980. The van der Waals surface area contributed by atoms with Crippen LogP contribution in [0.2, 0.25) is 0 Å². The Bertz CT molecular complexity index is 594. The van der Waals surface area contributed by atoms with Crippen LogP contribution in [-0.4, -0.2) is 15.6 Å². The number of nitrogens with zero attached hydrogens (tertiary/aromatic N) is 1. The molecule has 0 fully saturated rings. The summed E-state index contributed by atoms with van der Waals surface area (Å²) in [6.07, 6.45) is 0.182. The van der Waals surface area contributed by atoms with Crippen molar-refractivity contribution in [3.05, 3.63) is 51.9 Å². The standard InChI is InChI=1S/C13H14N2O2/c1-9(16)8-12-10(2)14-15(13(12)17)11-6-4-3-5-7-11/h3-7,14H,8H2,1-2H3. The number of para-hydroxylation sites is 1. The van der Waals surface area contributed by atoms with Crippen molar-refractivity contribution in [1.82, 2.24) is 9.78 Å². The number of nitrogens with one attached hydrogen (secondary N) is 1. The maximum Gasteiger partial charge on any atom is 0.275 e. The first-order valence-electron chi connectivity index (χ1n) is 5.45. The van der Waals surface area contributed by atoms with Crippen molar-refractivity contribution >= 4 is 5.78 Å². The van der Waals surface area contributed by atoms with Gasteiger partial charge in [0.25, 0.3) is 5.56 Å². The average Bonchev–Trinajstić information content (AvgIpc) is 2.58. The highest BCUT2D eigenvalue weighted by molar-refractivity contribution is 5.78. The average molecular weight is 230 g/mol. The molecule has 0 amide bonds. The third kappa shape index (κ3) is 2.20. The highest BCUT2D eigenvalue weighted by Crippen LogP contribution is 2.07. The Balaban J connectivity index is 2.52. The molecule has 1 aromatic carbocycles. The molecule has 0 aliphatic rings. The van der Waals surface area contributed by atoms with Crippen molar-refractivity contribution in [3.63, 3.8) is 0 Å². The van der Waals surface area contributed by atoms with Gasteiger partial charge in [-0.2, -0.15) is 0 Å². The molecule has 0 saturated carbocycles. The maximum absolute atomic E-state index is 12.1. The Morgan fingerprint density at radius 1 is 1.29 bits per heavy atom. The first kappa shape index (κ1) is 11.4. The molecule has 1 heterocycles. The molecule has 0 saturated heterocycles. The van der Waals surface area contributed by atoms with Crippen LogP contribution in [-0.2, 0) is 11.2 Å². The monoisotopic (exact) mass is 230 g/mol. The van der Waals surface area contributed by atoms with Crippen LogP contribution in [0, 0.1) is 6.92 Å². The summed E-state index contributed by atoms with van der Waals surface area (Å²) in [4.78, 5) is 23.2. The molecule has 2 rings (SSSR count). The number of aromatic amines is 1. The number of hydrogen-bond donors (Lipinski definition) is 1. The number of aromatic nitrogens is 2. The third-order valence-corrected chi connectivity index (χ3v) is 2.63. The number of ketones is 1. The minimum atomic E-state index is -0.149. The highest BCUT2D eigenvalue weighted by Gasteiger charge is 2.13. The van der Waals surface area contributed by atoms with E-state index >= 15 is 0 Å². The maximum atomic E-state index is 12.1. The van der Waals surface area contributed by atoms with Crippen molar-refractivity contribution in [2.45, 2.75) is 20.3 Å². The largest absolute Gasteiger partial charge is 0.300 e. The van der Waals surface area contributed by atoms with Gasteiger partial charge in [0.2, 0.25) is 0 Å². The summed E-state index contributed by atoms with van der Waals surface area (Å²) in [5.41, 5.74) is 1.91. The molecule has 4 nitrogen and oxygen atoms in total. The SMILES string of the molecule is CC(=O)Cc1c(C)[nH]n(-c2ccccc2)c1=O. The fourth-order valence-electron chi connectivity index (χ4n) is 1.80. The van der Waals surface area contributed by atoms with Gasteiger partial charge in [-0.1, -0.05) is 18.2 Å². The smallest absolute Gasteiger partial charge is 0.275 e. The minimum absolute atomic E-state index is 0.00980. The zero-order valence-electron chi connectivity index (χ0n) is 9.86. The molecule has 0 atom stereocenters. The van der Waals surface area contributed by atoms with Gasteiger partial charge in [0, 0.05) is 17.7 Å². The highest BCUT2D eigenvalue weighted by atomic mass is 16.1. The summed E-state index contributed by atoms with van der Waals surface area (Å²) < 4.78 is 1.47. The normalized spacial score (nSPS) is 10.5. The molecule has 0 unspecified atom stereocenters. The second-order valence-electron chi connectivity index (χ2n) is 4.07. The molecule has 2 aromatic rings. The molecule has 88 valence electrons. The van der Waals surface area contributed by atoms with Crippen LogP contribution in [0.4, 0.5) is 0 Å². The number of H-pyrrole nitrogens is 1. The zero-order valence-corrected chi connectivity index (χ0v) is 9.86. The first-order chi connectivity index (χ1) is 8.09. The van der Waals surface area contributed by atoms with E-state index < -0.39 is 0 Å². The summed E-state index contributed by atoms with van der Waals surface area (Å²) in [5, 5.41) is 2.99. The number of carbonyl (C=O) groups is 1. The molecule has 0 aliphatic heterocycles. The Morgan fingerprint density at radius 3 is 2.53 bits per heavy atom. The van der Waals surface area contributed by atoms with E-state index in [0.29, 0.717) is 5.56 Å². The lowest BCUT2D eigenvalue weighted by Gasteiger charge is -1.99. The number of hydrogen-bond acceptors (Lipinski definition) is 2. The van der Waals surface area contributed by atoms with Crippen molar-refractivity contribution in [2.24, 2.45) is 0 Å². The molecule has 0 aliphatic carbocycles. The predicted octanol–water partition coefficient (Wildman–Crippen LogP) is 1.61. The molecule has 0 radical (unpaired) electrons. The minimum Gasteiger partial charge on any atom is -0.300 e. The van der Waals surface area contributed by atoms with Gasteiger partial charge in [0.1, 0.15) is 5.78 Å². The van der Waals surface area contributed by atoms with E-state index in [-0.39, 0.29) is 17.8 Å². The number of carbonyl (C=O) groups excluding carboxylic acids is 1. The van der Waals surface area contributed by atoms with Crippen LogP contribution in [0.15, 0.2) is 35.1 Å². The van der Waals surface area contributed by atoms with E-state index in [1.807, 2.05) is 30.3 Å². The van der Waals surface area contributed by atoms with Gasteiger partial charge >= 0.3 is 0 Å². The number of benzene rings is 1. The summed E-state index contributed by atoms with van der Waals surface area (Å²) >= 11 is 0. The van der Waals surface area contributed by atoms with E-state index in [9.17, 15) is 9.59 Å². The van der Waals surface area contributed by atoms with E-state index in [0.717, 1.165) is 11.4 Å².